The highest BCUT2D eigenvalue weighted by Crippen LogP contribution is 2.19. The standard InChI is InChI=1S/C7H11NO4/c1-12-5-2-3-7(9)6(4-5)8(10)11/h5-6H,2-4H2,1H3. The van der Waals surface area contributed by atoms with Gasteiger partial charge in [-0.3, -0.25) is 14.9 Å². The summed E-state index contributed by atoms with van der Waals surface area (Å²) in [5.41, 5.74) is 0. The molecule has 1 saturated carbocycles. The van der Waals surface area contributed by atoms with E-state index in [2.05, 4.69) is 0 Å². The molecule has 0 aromatic heterocycles. The molecular weight excluding hydrogens is 162 g/mol. The minimum absolute atomic E-state index is 0.127. The lowest BCUT2D eigenvalue weighted by atomic mass is 9.92. The highest BCUT2D eigenvalue weighted by molar-refractivity contribution is 5.83. The molecule has 12 heavy (non-hydrogen) atoms. The third kappa shape index (κ3) is 1.79. The first kappa shape index (κ1) is 9.12. The Bertz CT molecular complexity index is 204. The highest BCUT2D eigenvalue weighted by atomic mass is 16.6. The topological polar surface area (TPSA) is 69.4 Å². The summed E-state index contributed by atoms with van der Waals surface area (Å²) in [7, 11) is 1.51. The van der Waals surface area contributed by atoms with Crippen molar-refractivity contribution in [3.8, 4) is 0 Å². The molecule has 5 heteroatoms. The van der Waals surface area contributed by atoms with Gasteiger partial charge in [-0.25, -0.2) is 0 Å². The number of methoxy groups -OCH3 is 1. The van der Waals surface area contributed by atoms with Crippen LogP contribution in [0.3, 0.4) is 0 Å². The van der Waals surface area contributed by atoms with Crippen molar-refractivity contribution >= 4 is 5.78 Å². The number of Topliss-reactive ketones (excluding diaryl/α,β-unsaturated/α-hetero) is 1. The molecule has 0 bridgehead atoms. The highest BCUT2D eigenvalue weighted by Gasteiger charge is 2.36. The molecule has 2 unspecified atom stereocenters. The van der Waals surface area contributed by atoms with Gasteiger partial charge in [-0.1, -0.05) is 0 Å². The summed E-state index contributed by atoms with van der Waals surface area (Å²) in [5.74, 6) is -0.270. The van der Waals surface area contributed by atoms with Gasteiger partial charge in [0.15, 0.2) is 0 Å². The Morgan fingerprint density at radius 1 is 1.67 bits per heavy atom. The van der Waals surface area contributed by atoms with E-state index in [1.807, 2.05) is 0 Å². The zero-order chi connectivity index (χ0) is 9.14. The molecule has 0 spiro atoms. The van der Waals surface area contributed by atoms with E-state index in [-0.39, 0.29) is 24.7 Å². The molecular formula is C7H11NO4. The zero-order valence-corrected chi connectivity index (χ0v) is 6.86. The summed E-state index contributed by atoms with van der Waals surface area (Å²) in [6.07, 6.45) is 0.977. The number of rotatable bonds is 2. The van der Waals surface area contributed by atoms with Crippen LogP contribution in [0.1, 0.15) is 19.3 Å². The van der Waals surface area contributed by atoms with E-state index >= 15 is 0 Å². The molecule has 5 nitrogen and oxygen atoms in total. The molecule has 2 atom stereocenters. The maximum Gasteiger partial charge on any atom is 0.272 e. The van der Waals surface area contributed by atoms with Crippen molar-refractivity contribution in [2.75, 3.05) is 7.11 Å². The Hall–Kier alpha value is -0.970. The first-order valence-electron chi connectivity index (χ1n) is 3.84. The lowest BCUT2D eigenvalue weighted by molar-refractivity contribution is -0.511. The van der Waals surface area contributed by atoms with Crippen LogP contribution in [0.5, 0.6) is 0 Å². The van der Waals surface area contributed by atoms with Crippen LogP contribution in [0, 0.1) is 10.1 Å². The molecule has 1 aliphatic rings. The Balaban J connectivity index is 2.59. The van der Waals surface area contributed by atoms with Crippen molar-refractivity contribution in [2.45, 2.75) is 31.4 Å². The fourth-order valence-corrected chi connectivity index (χ4v) is 1.39. The van der Waals surface area contributed by atoms with Gasteiger partial charge in [0.1, 0.15) is 0 Å². The summed E-state index contributed by atoms with van der Waals surface area (Å²) >= 11 is 0. The Labute approximate surface area is 69.9 Å². The average molecular weight is 173 g/mol. The number of ketones is 1. The minimum Gasteiger partial charge on any atom is -0.381 e. The molecule has 1 fully saturated rings. The second-order valence-corrected chi connectivity index (χ2v) is 2.90. The van der Waals surface area contributed by atoms with E-state index in [1.54, 1.807) is 0 Å². The van der Waals surface area contributed by atoms with Crippen molar-refractivity contribution in [1.29, 1.82) is 0 Å². The Morgan fingerprint density at radius 3 is 2.83 bits per heavy atom. The fraction of sp³-hybridized carbons (Fsp3) is 0.857. The monoisotopic (exact) mass is 173 g/mol. The number of nitro groups is 1. The van der Waals surface area contributed by atoms with E-state index in [4.69, 9.17) is 4.74 Å². The molecule has 0 aliphatic heterocycles. The van der Waals surface area contributed by atoms with Crippen LogP contribution in [0.4, 0.5) is 0 Å². The lowest BCUT2D eigenvalue weighted by Gasteiger charge is -2.21. The molecule has 0 heterocycles. The van der Waals surface area contributed by atoms with Gasteiger partial charge in [0.2, 0.25) is 5.78 Å². The van der Waals surface area contributed by atoms with Gasteiger partial charge in [0, 0.05) is 24.9 Å². The second-order valence-electron chi connectivity index (χ2n) is 2.90. The zero-order valence-electron chi connectivity index (χ0n) is 6.86. The molecule has 68 valence electrons. The van der Waals surface area contributed by atoms with Gasteiger partial charge >= 0.3 is 0 Å². The molecule has 1 rings (SSSR count). The Kier molecular flexibility index (Phi) is 2.75. The normalized spacial score (nSPS) is 30.2. The lowest BCUT2D eigenvalue weighted by Crippen LogP contribution is -2.38. The number of ether oxygens (including phenoxy) is 1. The first-order valence-corrected chi connectivity index (χ1v) is 3.84. The Morgan fingerprint density at radius 2 is 2.33 bits per heavy atom. The smallest absolute Gasteiger partial charge is 0.272 e. The molecule has 0 radical (unpaired) electrons. The fourth-order valence-electron chi connectivity index (χ4n) is 1.39. The maximum absolute atomic E-state index is 11.0. The van der Waals surface area contributed by atoms with Gasteiger partial charge in [0.05, 0.1) is 6.10 Å². The SMILES string of the molecule is COC1CCC(=O)C([N+](=O)[O-])C1. The van der Waals surface area contributed by atoms with Crippen LogP contribution in [0.15, 0.2) is 0 Å². The van der Waals surface area contributed by atoms with E-state index in [0.29, 0.717) is 6.42 Å². The van der Waals surface area contributed by atoms with E-state index in [9.17, 15) is 14.9 Å². The van der Waals surface area contributed by atoms with E-state index < -0.39 is 11.0 Å². The van der Waals surface area contributed by atoms with Crippen LogP contribution < -0.4 is 0 Å². The predicted octanol–water partition coefficient (Wildman–Crippen LogP) is 0.400. The van der Waals surface area contributed by atoms with Crippen LogP contribution >= 0.6 is 0 Å². The third-order valence-corrected chi connectivity index (χ3v) is 2.16. The van der Waals surface area contributed by atoms with Crippen molar-refractivity contribution < 1.29 is 14.5 Å². The second kappa shape index (κ2) is 3.62. The first-order chi connectivity index (χ1) is 5.65. The molecule has 0 amide bonds. The van der Waals surface area contributed by atoms with Gasteiger partial charge in [-0.05, 0) is 6.42 Å². The molecule has 0 saturated heterocycles. The quantitative estimate of drug-likeness (QED) is 0.447. The van der Waals surface area contributed by atoms with Crippen LogP contribution in [-0.2, 0) is 9.53 Å². The van der Waals surface area contributed by atoms with Crippen molar-refractivity contribution in [3.05, 3.63) is 10.1 Å². The summed E-state index contributed by atoms with van der Waals surface area (Å²) in [6, 6.07) is -1.04. The maximum atomic E-state index is 11.0. The van der Waals surface area contributed by atoms with Gasteiger partial charge in [-0.15, -0.1) is 0 Å². The number of nitrogens with zero attached hydrogens (tertiary/aromatic N) is 1. The average Bonchev–Trinajstić information content (AvgIpc) is 2.05. The van der Waals surface area contributed by atoms with E-state index in [1.165, 1.54) is 7.11 Å². The number of hydrogen-bond acceptors (Lipinski definition) is 4. The largest absolute Gasteiger partial charge is 0.381 e. The van der Waals surface area contributed by atoms with Crippen LogP contribution in [-0.4, -0.2) is 30.0 Å². The summed E-state index contributed by atoms with van der Waals surface area (Å²) < 4.78 is 4.96. The summed E-state index contributed by atoms with van der Waals surface area (Å²) in [4.78, 5) is 20.8. The molecule has 0 N–H and O–H groups in total. The number of hydrogen-bond donors (Lipinski definition) is 0. The van der Waals surface area contributed by atoms with Crippen LogP contribution in [0.25, 0.3) is 0 Å². The summed E-state index contributed by atoms with van der Waals surface area (Å²) in [5, 5.41) is 10.4. The van der Waals surface area contributed by atoms with E-state index in [0.717, 1.165) is 0 Å². The van der Waals surface area contributed by atoms with Gasteiger partial charge in [-0.2, -0.15) is 0 Å². The predicted molar refractivity (Wildman–Crippen MR) is 40.4 cm³/mol. The molecule has 0 aromatic rings. The molecule has 0 aromatic carbocycles. The number of carbonyl (C=O) groups is 1. The summed E-state index contributed by atoms with van der Waals surface area (Å²) in [6.45, 7) is 0. The van der Waals surface area contributed by atoms with Crippen molar-refractivity contribution in [3.63, 3.8) is 0 Å². The number of carbonyl (C=O) groups excluding carboxylic acids is 1. The minimum atomic E-state index is -1.04. The third-order valence-electron chi connectivity index (χ3n) is 2.16. The van der Waals surface area contributed by atoms with Crippen molar-refractivity contribution in [1.82, 2.24) is 0 Å². The van der Waals surface area contributed by atoms with Crippen molar-refractivity contribution in [2.24, 2.45) is 0 Å². The van der Waals surface area contributed by atoms with Gasteiger partial charge < -0.3 is 4.74 Å². The van der Waals surface area contributed by atoms with Gasteiger partial charge in [0.25, 0.3) is 6.04 Å². The van der Waals surface area contributed by atoms with Crippen LogP contribution in [0.2, 0.25) is 0 Å². The molecule has 1 aliphatic carbocycles.